The fourth-order valence-electron chi connectivity index (χ4n) is 1.62. The molecule has 1 rings (SSSR count). The Balaban J connectivity index is 2.63. The molecule has 5 heteroatoms. The van der Waals surface area contributed by atoms with Gasteiger partial charge in [0.05, 0.1) is 12.5 Å². The van der Waals surface area contributed by atoms with Crippen LogP contribution in [0.4, 0.5) is 0 Å². The van der Waals surface area contributed by atoms with Gasteiger partial charge in [0.2, 0.25) is 5.91 Å². The zero-order valence-electron chi connectivity index (χ0n) is 10.4. The smallest absolute Gasteiger partial charge is 0.328 e. The Hall–Kier alpha value is -1.88. The number of nitrogens with one attached hydrogen (secondary N) is 1. The largest absolute Gasteiger partial charge is 0.480 e. The minimum atomic E-state index is -1.28. The summed E-state index contributed by atoms with van der Waals surface area (Å²) >= 11 is 0. The van der Waals surface area contributed by atoms with Crippen molar-refractivity contribution in [1.29, 1.82) is 0 Å². The van der Waals surface area contributed by atoms with Crippen molar-refractivity contribution in [2.24, 2.45) is 0 Å². The van der Waals surface area contributed by atoms with E-state index in [1.807, 2.05) is 25.1 Å². The summed E-state index contributed by atoms with van der Waals surface area (Å²) in [7, 11) is 0. The third-order valence-corrected chi connectivity index (χ3v) is 2.51. The van der Waals surface area contributed by atoms with Crippen LogP contribution in [-0.2, 0) is 16.0 Å². The van der Waals surface area contributed by atoms with Crippen LogP contribution in [0.1, 0.15) is 18.1 Å². The highest BCUT2D eigenvalue weighted by Gasteiger charge is 2.24. The van der Waals surface area contributed by atoms with Crippen LogP contribution < -0.4 is 5.32 Å². The zero-order chi connectivity index (χ0) is 13.7. The monoisotopic (exact) mass is 251 g/mol. The molecule has 3 N–H and O–H groups in total. The Morgan fingerprint density at radius 1 is 1.39 bits per heavy atom. The maximum atomic E-state index is 11.7. The van der Waals surface area contributed by atoms with E-state index in [0.29, 0.717) is 0 Å². The standard InChI is InChI=1S/C13H17NO4/c1-8-4-3-5-10(6-8)7-11(16)14-12(9(2)15)13(17)18/h3-6,9,12,15H,7H2,1-2H3,(H,14,16)(H,17,18)/t9-,12+/m1/s1. The molecule has 0 aliphatic carbocycles. The quantitative estimate of drug-likeness (QED) is 0.710. The lowest BCUT2D eigenvalue weighted by Crippen LogP contribution is -2.48. The number of benzene rings is 1. The molecule has 0 bridgehead atoms. The number of aryl methyl sites for hydroxylation is 1. The SMILES string of the molecule is Cc1cccc(CC(=O)N[C@H](C(=O)O)[C@@H](C)O)c1. The predicted molar refractivity (Wildman–Crippen MR) is 66.1 cm³/mol. The Labute approximate surface area is 105 Å². The third-order valence-electron chi connectivity index (χ3n) is 2.51. The summed E-state index contributed by atoms with van der Waals surface area (Å²) in [5.41, 5.74) is 1.84. The fraction of sp³-hybridized carbons (Fsp3) is 0.385. The van der Waals surface area contributed by atoms with Gasteiger partial charge in [0.1, 0.15) is 0 Å². The molecule has 1 amide bonds. The number of hydrogen-bond acceptors (Lipinski definition) is 3. The summed E-state index contributed by atoms with van der Waals surface area (Å²) in [6.45, 7) is 3.24. The lowest BCUT2D eigenvalue weighted by Gasteiger charge is -2.17. The summed E-state index contributed by atoms with van der Waals surface area (Å²) in [5, 5.41) is 20.4. The van der Waals surface area contributed by atoms with Gasteiger partial charge in [-0.05, 0) is 19.4 Å². The number of aliphatic carboxylic acids is 1. The van der Waals surface area contributed by atoms with Crippen molar-refractivity contribution in [1.82, 2.24) is 5.32 Å². The average Bonchev–Trinajstić information content (AvgIpc) is 2.25. The van der Waals surface area contributed by atoms with Crippen LogP contribution in [0.3, 0.4) is 0 Å². The first kappa shape index (κ1) is 14.2. The lowest BCUT2D eigenvalue weighted by atomic mass is 10.1. The third kappa shape index (κ3) is 4.18. The average molecular weight is 251 g/mol. The Bertz CT molecular complexity index is 442. The topological polar surface area (TPSA) is 86.6 Å². The van der Waals surface area contributed by atoms with Gasteiger partial charge in [-0.3, -0.25) is 4.79 Å². The van der Waals surface area contributed by atoms with Gasteiger partial charge >= 0.3 is 5.97 Å². The fourth-order valence-corrected chi connectivity index (χ4v) is 1.62. The molecule has 0 fully saturated rings. The highest BCUT2D eigenvalue weighted by molar-refractivity contribution is 5.85. The van der Waals surface area contributed by atoms with Crippen molar-refractivity contribution < 1.29 is 19.8 Å². The van der Waals surface area contributed by atoms with E-state index < -0.39 is 24.0 Å². The number of aliphatic hydroxyl groups is 1. The molecule has 0 aliphatic heterocycles. The minimum absolute atomic E-state index is 0.0954. The van der Waals surface area contributed by atoms with E-state index in [4.69, 9.17) is 5.11 Å². The number of carboxylic acid groups (broad SMARTS) is 1. The van der Waals surface area contributed by atoms with E-state index in [-0.39, 0.29) is 6.42 Å². The molecule has 0 aliphatic rings. The minimum Gasteiger partial charge on any atom is -0.480 e. The van der Waals surface area contributed by atoms with E-state index in [1.54, 1.807) is 6.07 Å². The highest BCUT2D eigenvalue weighted by Crippen LogP contribution is 2.05. The Morgan fingerprint density at radius 2 is 2.06 bits per heavy atom. The van der Waals surface area contributed by atoms with Crippen LogP contribution in [0.25, 0.3) is 0 Å². The first-order valence-corrected chi connectivity index (χ1v) is 5.66. The normalized spacial score (nSPS) is 13.7. The van der Waals surface area contributed by atoms with Gasteiger partial charge in [-0.1, -0.05) is 29.8 Å². The van der Waals surface area contributed by atoms with Gasteiger partial charge in [-0.25, -0.2) is 4.79 Å². The predicted octanol–water partition coefficient (Wildman–Crippen LogP) is 0.488. The van der Waals surface area contributed by atoms with Crippen molar-refractivity contribution in [3.63, 3.8) is 0 Å². The van der Waals surface area contributed by atoms with E-state index in [2.05, 4.69) is 5.32 Å². The highest BCUT2D eigenvalue weighted by atomic mass is 16.4. The number of hydrogen-bond donors (Lipinski definition) is 3. The summed E-state index contributed by atoms with van der Waals surface area (Å²) in [4.78, 5) is 22.5. The summed E-state index contributed by atoms with van der Waals surface area (Å²) in [5.74, 6) is -1.67. The first-order valence-electron chi connectivity index (χ1n) is 5.66. The van der Waals surface area contributed by atoms with Gasteiger partial charge in [0.25, 0.3) is 0 Å². The second kappa shape index (κ2) is 6.16. The van der Waals surface area contributed by atoms with Crippen LogP contribution in [-0.4, -0.2) is 34.2 Å². The summed E-state index contributed by atoms with van der Waals surface area (Å²) in [6, 6.07) is 6.13. The van der Waals surface area contributed by atoms with Crippen LogP contribution in [0.15, 0.2) is 24.3 Å². The van der Waals surface area contributed by atoms with E-state index in [9.17, 15) is 14.7 Å². The molecule has 0 heterocycles. The number of amides is 1. The maximum Gasteiger partial charge on any atom is 0.328 e. The molecule has 5 nitrogen and oxygen atoms in total. The first-order chi connectivity index (χ1) is 8.40. The molecule has 0 radical (unpaired) electrons. The van der Waals surface area contributed by atoms with Crippen LogP contribution in [0.2, 0.25) is 0 Å². The van der Waals surface area contributed by atoms with E-state index in [0.717, 1.165) is 11.1 Å². The summed E-state index contributed by atoms with van der Waals surface area (Å²) in [6.07, 6.45) is -1.04. The molecule has 1 aromatic rings. The number of carbonyl (C=O) groups is 2. The van der Waals surface area contributed by atoms with Crippen molar-refractivity contribution in [2.75, 3.05) is 0 Å². The Kier molecular flexibility index (Phi) is 4.85. The lowest BCUT2D eigenvalue weighted by molar-refractivity contribution is -0.144. The molecule has 18 heavy (non-hydrogen) atoms. The second-order valence-electron chi connectivity index (χ2n) is 4.29. The number of carbonyl (C=O) groups excluding carboxylic acids is 1. The molecular formula is C13H17NO4. The molecule has 0 unspecified atom stereocenters. The van der Waals surface area contributed by atoms with Crippen molar-refractivity contribution >= 4 is 11.9 Å². The molecule has 0 aromatic heterocycles. The van der Waals surface area contributed by atoms with Gasteiger partial charge in [-0.15, -0.1) is 0 Å². The van der Waals surface area contributed by atoms with Gasteiger partial charge in [0, 0.05) is 0 Å². The number of rotatable bonds is 5. The van der Waals surface area contributed by atoms with E-state index >= 15 is 0 Å². The molecule has 2 atom stereocenters. The molecule has 0 spiro atoms. The van der Waals surface area contributed by atoms with Gasteiger partial charge in [-0.2, -0.15) is 0 Å². The van der Waals surface area contributed by atoms with Gasteiger partial charge < -0.3 is 15.5 Å². The van der Waals surface area contributed by atoms with Crippen molar-refractivity contribution in [3.8, 4) is 0 Å². The van der Waals surface area contributed by atoms with Crippen molar-refractivity contribution in [2.45, 2.75) is 32.4 Å². The molecule has 0 saturated heterocycles. The van der Waals surface area contributed by atoms with Crippen molar-refractivity contribution in [3.05, 3.63) is 35.4 Å². The van der Waals surface area contributed by atoms with Gasteiger partial charge in [0.15, 0.2) is 6.04 Å². The molecular weight excluding hydrogens is 234 g/mol. The second-order valence-corrected chi connectivity index (χ2v) is 4.29. The van der Waals surface area contributed by atoms with Crippen LogP contribution in [0, 0.1) is 6.92 Å². The molecule has 1 aromatic carbocycles. The Morgan fingerprint density at radius 3 is 2.56 bits per heavy atom. The van der Waals surface area contributed by atoms with E-state index in [1.165, 1.54) is 6.92 Å². The van der Waals surface area contributed by atoms with Crippen LogP contribution >= 0.6 is 0 Å². The maximum absolute atomic E-state index is 11.7. The number of aliphatic hydroxyl groups excluding tert-OH is 1. The molecule has 98 valence electrons. The number of carboxylic acids is 1. The van der Waals surface area contributed by atoms with Crippen LogP contribution in [0.5, 0.6) is 0 Å². The zero-order valence-corrected chi connectivity index (χ0v) is 10.4. The summed E-state index contributed by atoms with van der Waals surface area (Å²) < 4.78 is 0. The molecule has 0 saturated carbocycles.